The first kappa shape index (κ1) is 30.7. The molecule has 0 heterocycles. The van der Waals surface area contributed by atoms with Crippen molar-refractivity contribution in [1.29, 1.82) is 0 Å². The normalized spacial score (nSPS) is 10.5. The predicted molar refractivity (Wildman–Crippen MR) is 151 cm³/mol. The van der Waals surface area contributed by atoms with E-state index in [4.69, 9.17) is 18.9 Å². The molecule has 2 aromatic carbocycles. The smallest absolute Gasteiger partial charge is 0.333 e. The van der Waals surface area contributed by atoms with Crippen molar-refractivity contribution < 1.29 is 28.5 Å². The van der Waals surface area contributed by atoms with Crippen LogP contribution in [0.1, 0.15) is 65.2 Å². The molecule has 0 atom stereocenters. The Balaban J connectivity index is 1.56. The molecular formula is C32H42O6. The Bertz CT molecular complexity index is 924. The van der Waals surface area contributed by atoms with Crippen LogP contribution in [0, 0.1) is 0 Å². The van der Waals surface area contributed by atoms with Crippen LogP contribution < -0.4 is 9.47 Å². The first-order chi connectivity index (χ1) is 18.4. The van der Waals surface area contributed by atoms with E-state index in [1.54, 1.807) is 13.8 Å². The first-order valence-corrected chi connectivity index (χ1v) is 13.5. The molecule has 38 heavy (non-hydrogen) atoms. The summed E-state index contributed by atoms with van der Waals surface area (Å²) in [5.41, 5.74) is 3.13. The molecule has 0 aliphatic carbocycles. The first-order valence-electron chi connectivity index (χ1n) is 13.5. The summed E-state index contributed by atoms with van der Waals surface area (Å²) < 4.78 is 21.9. The fourth-order valence-corrected chi connectivity index (χ4v) is 3.56. The van der Waals surface area contributed by atoms with Crippen LogP contribution in [0.4, 0.5) is 0 Å². The number of carbonyl (C=O) groups excluding carboxylic acids is 2. The van der Waals surface area contributed by atoms with Crippen LogP contribution in [-0.2, 0) is 19.1 Å². The molecule has 0 radical (unpaired) electrons. The molecule has 2 aromatic rings. The SMILES string of the molecule is C=C(C)C(=O)OCCCCCCOc1ccc(-c2ccc(OCCCCCCOC(=O)C(=C)C)cc2)cc1. The van der Waals surface area contributed by atoms with E-state index in [1.165, 1.54) is 0 Å². The molecule has 0 saturated heterocycles. The minimum atomic E-state index is -0.318. The summed E-state index contributed by atoms with van der Waals surface area (Å²) >= 11 is 0. The van der Waals surface area contributed by atoms with Crippen molar-refractivity contribution in [3.8, 4) is 22.6 Å². The van der Waals surface area contributed by atoms with Gasteiger partial charge in [0.2, 0.25) is 0 Å². The third-order valence-corrected chi connectivity index (χ3v) is 5.82. The van der Waals surface area contributed by atoms with Gasteiger partial charge >= 0.3 is 11.9 Å². The Hall–Kier alpha value is -3.54. The summed E-state index contributed by atoms with van der Waals surface area (Å²) in [5, 5.41) is 0. The van der Waals surface area contributed by atoms with Crippen LogP contribution in [0.25, 0.3) is 11.1 Å². The largest absolute Gasteiger partial charge is 0.494 e. The number of esters is 2. The molecule has 0 N–H and O–H groups in total. The maximum absolute atomic E-state index is 11.3. The van der Waals surface area contributed by atoms with Crippen LogP contribution in [-0.4, -0.2) is 38.4 Å². The van der Waals surface area contributed by atoms with E-state index in [-0.39, 0.29) is 11.9 Å². The molecule has 0 fully saturated rings. The topological polar surface area (TPSA) is 71.1 Å². The van der Waals surface area contributed by atoms with E-state index in [9.17, 15) is 9.59 Å². The van der Waals surface area contributed by atoms with Gasteiger partial charge in [-0.05, 0) is 101 Å². The number of hydrogen-bond donors (Lipinski definition) is 0. The lowest BCUT2D eigenvalue weighted by Crippen LogP contribution is -2.06. The molecule has 0 spiro atoms. The predicted octanol–water partition coefficient (Wildman–Crippen LogP) is 7.47. The van der Waals surface area contributed by atoms with E-state index in [2.05, 4.69) is 37.4 Å². The van der Waals surface area contributed by atoms with Gasteiger partial charge in [0.05, 0.1) is 26.4 Å². The second kappa shape index (κ2) is 17.8. The van der Waals surface area contributed by atoms with E-state index < -0.39 is 0 Å². The molecule has 0 unspecified atom stereocenters. The van der Waals surface area contributed by atoms with Crippen LogP contribution in [0.2, 0.25) is 0 Å². The number of benzene rings is 2. The lowest BCUT2D eigenvalue weighted by Gasteiger charge is -2.09. The van der Waals surface area contributed by atoms with Gasteiger partial charge in [-0.2, -0.15) is 0 Å². The Morgan fingerprint density at radius 1 is 0.526 bits per heavy atom. The van der Waals surface area contributed by atoms with Gasteiger partial charge in [-0.15, -0.1) is 0 Å². The second-order valence-corrected chi connectivity index (χ2v) is 9.41. The molecule has 6 nitrogen and oxygen atoms in total. The van der Waals surface area contributed by atoms with Crippen molar-refractivity contribution in [2.24, 2.45) is 0 Å². The van der Waals surface area contributed by atoms with E-state index in [0.717, 1.165) is 74.0 Å². The average Bonchev–Trinajstić information content (AvgIpc) is 2.92. The van der Waals surface area contributed by atoms with Gasteiger partial charge < -0.3 is 18.9 Å². The minimum absolute atomic E-state index is 0.318. The molecule has 0 amide bonds. The lowest BCUT2D eigenvalue weighted by atomic mass is 10.1. The fourth-order valence-electron chi connectivity index (χ4n) is 3.56. The lowest BCUT2D eigenvalue weighted by molar-refractivity contribution is -0.139. The van der Waals surface area contributed by atoms with Crippen molar-refractivity contribution >= 4 is 11.9 Å². The van der Waals surface area contributed by atoms with Gasteiger partial charge in [0.25, 0.3) is 0 Å². The van der Waals surface area contributed by atoms with Gasteiger partial charge in [-0.3, -0.25) is 0 Å². The summed E-state index contributed by atoms with van der Waals surface area (Å²) in [7, 11) is 0. The number of ether oxygens (including phenoxy) is 4. The highest BCUT2D eigenvalue weighted by atomic mass is 16.5. The summed E-state index contributed by atoms with van der Waals surface area (Å²) in [6.07, 6.45) is 7.70. The van der Waals surface area contributed by atoms with Gasteiger partial charge in [0, 0.05) is 11.1 Å². The summed E-state index contributed by atoms with van der Waals surface area (Å²) in [4.78, 5) is 22.6. The van der Waals surface area contributed by atoms with E-state index in [1.807, 2.05) is 24.3 Å². The zero-order valence-corrected chi connectivity index (χ0v) is 23.0. The number of hydrogen-bond acceptors (Lipinski definition) is 6. The Morgan fingerprint density at radius 2 is 0.842 bits per heavy atom. The van der Waals surface area contributed by atoms with Crippen LogP contribution in [0.5, 0.6) is 11.5 Å². The van der Waals surface area contributed by atoms with Crippen molar-refractivity contribution in [3.05, 3.63) is 72.8 Å². The maximum atomic E-state index is 11.3. The zero-order chi connectivity index (χ0) is 27.6. The molecule has 0 aliphatic heterocycles. The van der Waals surface area contributed by atoms with Crippen molar-refractivity contribution in [1.82, 2.24) is 0 Å². The minimum Gasteiger partial charge on any atom is -0.494 e. The summed E-state index contributed by atoms with van der Waals surface area (Å²) in [6, 6.07) is 16.2. The Labute approximate surface area is 227 Å². The third-order valence-electron chi connectivity index (χ3n) is 5.82. The molecule has 206 valence electrons. The number of carbonyl (C=O) groups is 2. The van der Waals surface area contributed by atoms with E-state index >= 15 is 0 Å². The van der Waals surface area contributed by atoms with Gasteiger partial charge in [-0.1, -0.05) is 37.4 Å². The fraction of sp³-hybridized carbons (Fsp3) is 0.438. The Kier molecular flexibility index (Phi) is 14.4. The van der Waals surface area contributed by atoms with Gasteiger partial charge in [0.1, 0.15) is 11.5 Å². The standard InChI is InChI=1S/C32H42O6/c1-25(2)31(33)37-23-11-7-5-9-21-35-29-17-13-27(14-18-29)28-15-19-30(20-16-28)36-22-10-6-8-12-24-38-32(34)26(3)4/h13-20H,1,3,5-12,21-24H2,2,4H3. The molecular weight excluding hydrogens is 480 g/mol. The average molecular weight is 523 g/mol. The van der Waals surface area contributed by atoms with Crippen molar-refractivity contribution in [3.63, 3.8) is 0 Å². The quantitative estimate of drug-likeness (QED) is 0.108. The van der Waals surface area contributed by atoms with E-state index in [0.29, 0.717) is 37.6 Å². The van der Waals surface area contributed by atoms with Gasteiger partial charge in [-0.25, -0.2) is 9.59 Å². The van der Waals surface area contributed by atoms with Crippen molar-refractivity contribution in [2.45, 2.75) is 65.2 Å². The second-order valence-electron chi connectivity index (χ2n) is 9.41. The third kappa shape index (κ3) is 12.6. The molecule has 0 saturated carbocycles. The zero-order valence-electron chi connectivity index (χ0n) is 23.0. The monoisotopic (exact) mass is 522 g/mol. The van der Waals surface area contributed by atoms with Crippen LogP contribution in [0.15, 0.2) is 72.8 Å². The number of unbranched alkanes of at least 4 members (excludes halogenated alkanes) is 6. The van der Waals surface area contributed by atoms with Crippen LogP contribution >= 0.6 is 0 Å². The highest BCUT2D eigenvalue weighted by Gasteiger charge is 2.04. The van der Waals surface area contributed by atoms with Gasteiger partial charge in [0.15, 0.2) is 0 Å². The Morgan fingerprint density at radius 3 is 1.16 bits per heavy atom. The van der Waals surface area contributed by atoms with Crippen LogP contribution in [0.3, 0.4) is 0 Å². The maximum Gasteiger partial charge on any atom is 0.333 e. The molecule has 6 heteroatoms. The molecule has 0 bridgehead atoms. The van der Waals surface area contributed by atoms with Crippen molar-refractivity contribution in [2.75, 3.05) is 26.4 Å². The molecule has 2 rings (SSSR count). The highest BCUT2D eigenvalue weighted by molar-refractivity contribution is 5.87. The highest BCUT2D eigenvalue weighted by Crippen LogP contribution is 2.25. The summed E-state index contributed by atoms with van der Waals surface area (Å²) in [5.74, 6) is 1.08. The number of rotatable bonds is 19. The summed E-state index contributed by atoms with van der Waals surface area (Å²) in [6.45, 7) is 12.7. The molecule has 0 aliphatic rings. The molecule has 0 aromatic heterocycles.